The van der Waals surface area contributed by atoms with Gasteiger partial charge in [0.2, 0.25) is 17.7 Å². The minimum Gasteiger partial charge on any atom is -0.481 e. The zero-order valence-corrected chi connectivity index (χ0v) is 18.4. The maximum absolute atomic E-state index is 12.8. The van der Waals surface area contributed by atoms with E-state index in [9.17, 15) is 34.2 Å². The summed E-state index contributed by atoms with van der Waals surface area (Å²) in [6.07, 6.45) is 0.559. The predicted molar refractivity (Wildman–Crippen MR) is 112 cm³/mol. The van der Waals surface area contributed by atoms with Crippen molar-refractivity contribution in [3.8, 4) is 0 Å². The van der Waals surface area contributed by atoms with Gasteiger partial charge < -0.3 is 42.0 Å². The molecule has 0 aliphatic carbocycles. The highest BCUT2D eigenvalue weighted by Crippen LogP contribution is 2.06. The minimum atomic E-state index is -1.54. The van der Waals surface area contributed by atoms with Crippen LogP contribution in [-0.4, -0.2) is 85.2 Å². The summed E-state index contributed by atoms with van der Waals surface area (Å²) >= 11 is 0. The number of H-pyrrole nitrogens is 1. The SMILES string of the molecule is CC(C)C(NC(=O)C(N)CC(=O)O)C(=O)NC(C(=O)NC(Cc1cnc[nH]1)C(=O)O)C(C)O. The Morgan fingerprint density at radius 1 is 1.00 bits per heavy atom. The number of aliphatic hydroxyl groups is 1. The van der Waals surface area contributed by atoms with Crippen molar-refractivity contribution >= 4 is 29.7 Å². The van der Waals surface area contributed by atoms with Gasteiger partial charge in [-0.1, -0.05) is 13.8 Å². The molecule has 0 saturated carbocycles. The molecule has 0 aliphatic rings. The number of nitrogens with one attached hydrogen (secondary N) is 4. The van der Waals surface area contributed by atoms with Crippen molar-refractivity contribution in [3.05, 3.63) is 18.2 Å². The van der Waals surface area contributed by atoms with Crippen LogP contribution in [0, 0.1) is 5.92 Å². The zero-order valence-electron chi connectivity index (χ0n) is 18.4. The second-order valence-electron chi connectivity index (χ2n) is 7.84. The molecule has 0 bridgehead atoms. The highest BCUT2D eigenvalue weighted by Gasteiger charge is 2.34. The number of aliphatic carboxylic acids is 2. The number of nitrogens with zero attached hydrogens (tertiary/aromatic N) is 1. The lowest BCUT2D eigenvalue weighted by atomic mass is 10.0. The molecule has 184 valence electrons. The van der Waals surface area contributed by atoms with E-state index in [0.29, 0.717) is 5.69 Å². The van der Waals surface area contributed by atoms with E-state index in [1.807, 2.05) is 0 Å². The number of carboxylic acids is 2. The summed E-state index contributed by atoms with van der Waals surface area (Å²) in [5, 5.41) is 35.1. The number of amides is 3. The molecule has 0 spiro atoms. The zero-order chi connectivity index (χ0) is 25.3. The first kappa shape index (κ1) is 27.5. The van der Waals surface area contributed by atoms with Crippen molar-refractivity contribution in [1.82, 2.24) is 25.9 Å². The third-order valence-electron chi connectivity index (χ3n) is 4.63. The molecular formula is C19H30N6O8. The Kier molecular flexibility index (Phi) is 10.4. The second kappa shape index (κ2) is 12.5. The van der Waals surface area contributed by atoms with Crippen LogP contribution in [0.15, 0.2) is 12.5 Å². The molecule has 14 heteroatoms. The second-order valence-corrected chi connectivity index (χ2v) is 7.84. The van der Waals surface area contributed by atoms with Crippen LogP contribution in [0.4, 0.5) is 0 Å². The quantitative estimate of drug-likeness (QED) is 0.149. The summed E-state index contributed by atoms with van der Waals surface area (Å²) in [4.78, 5) is 66.3. The van der Waals surface area contributed by atoms with Gasteiger partial charge in [0.1, 0.15) is 18.1 Å². The Hall–Kier alpha value is -3.52. The average Bonchev–Trinajstić information content (AvgIpc) is 3.21. The number of aromatic amines is 1. The fraction of sp³-hybridized carbons (Fsp3) is 0.579. The first-order chi connectivity index (χ1) is 15.3. The molecule has 0 aliphatic heterocycles. The van der Waals surface area contributed by atoms with Crippen molar-refractivity contribution < 1.29 is 39.3 Å². The van der Waals surface area contributed by atoms with Gasteiger partial charge in [-0.05, 0) is 12.8 Å². The Morgan fingerprint density at radius 2 is 1.58 bits per heavy atom. The van der Waals surface area contributed by atoms with Crippen molar-refractivity contribution in [2.75, 3.05) is 0 Å². The number of imidazole rings is 1. The van der Waals surface area contributed by atoms with Gasteiger partial charge in [0, 0.05) is 18.3 Å². The van der Waals surface area contributed by atoms with Crippen LogP contribution in [0.1, 0.15) is 32.9 Å². The number of nitrogens with two attached hydrogens (primary N) is 1. The highest BCUT2D eigenvalue weighted by molar-refractivity contribution is 5.95. The monoisotopic (exact) mass is 470 g/mol. The molecule has 1 heterocycles. The first-order valence-electron chi connectivity index (χ1n) is 10.1. The standard InChI is InChI=1S/C19H30N6O8/c1-8(2)14(24-16(29)11(20)5-13(27)28)17(30)25-15(9(3)26)18(31)23-12(19(32)33)4-10-6-21-7-22-10/h6-9,11-12,14-15,26H,4-5,20H2,1-3H3,(H,21,22)(H,23,31)(H,24,29)(H,25,30)(H,27,28)(H,32,33). The van der Waals surface area contributed by atoms with Gasteiger partial charge in [-0.15, -0.1) is 0 Å². The lowest BCUT2D eigenvalue weighted by Crippen LogP contribution is -2.61. The molecule has 33 heavy (non-hydrogen) atoms. The third-order valence-corrected chi connectivity index (χ3v) is 4.63. The highest BCUT2D eigenvalue weighted by atomic mass is 16.4. The van der Waals surface area contributed by atoms with E-state index in [4.69, 9.17) is 10.8 Å². The summed E-state index contributed by atoms with van der Waals surface area (Å²) in [6, 6.07) is -5.50. The van der Waals surface area contributed by atoms with Crippen LogP contribution in [0.2, 0.25) is 0 Å². The van der Waals surface area contributed by atoms with E-state index < -0.39 is 72.3 Å². The Balaban J connectivity index is 2.90. The molecule has 0 radical (unpaired) electrons. The topological polar surface area (TPSA) is 237 Å². The number of hydrogen-bond acceptors (Lipinski definition) is 8. The van der Waals surface area contributed by atoms with Crippen LogP contribution in [0.3, 0.4) is 0 Å². The molecule has 9 N–H and O–H groups in total. The number of carboxylic acid groups (broad SMARTS) is 2. The van der Waals surface area contributed by atoms with Crippen molar-refractivity contribution in [1.29, 1.82) is 0 Å². The molecular weight excluding hydrogens is 440 g/mol. The van der Waals surface area contributed by atoms with E-state index >= 15 is 0 Å². The number of aliphatic hydroxyl groups excluding tert-OH is 1. The summed E-state index contributed by atoms with van der Waals surface area (Å²) in [6.45, 7) is 4.41. The van der Waals surface area contributed by atoms with Crippen LogP contribution in [-0.2, 0) is 30.4 Å². The van der Waals surface area contributed by atoms with Crippen molar-refractivity contribution in [2.24, 2.45) is 11.7 Å². The van der Waals surface area contributed by atoms with Crippen LogP contribution >= 0.6 is 0 Å². The van der Waals surface area contributed by atoms with Gasteiger partial charge in [-0.2, -0.15) is 0 Å². The fourth-order valence-electron chi connectivity index (χ4n) is 2.80. The Morgan fingerprint density at radius 3 is 2.03 bits per heavy atom. The summed E-state index contributed by atoms with van der Waals surface area (Å²) < 4.78 is 0. The normalized spacial score (nSPS) is 15.6. The maximum Gasteiger partial charge on any atom is 0.326 e. The molecule has 5 atom stereocenters. The lowest BCUT2D eigenvalue weighted by Gasteiger charge is -2.28. The summed E-state index contributed by atoms with van der Waals surface area (Å²) in [5.41, 5.74) is 5.96. The van der Waals surface area contributed by atoms with Crippen LogP contribution < -0.4 is 21.7 Å². The number of rotatable bonds is 13. The minimum absolute atomic E-state index is 0.117. The molecule has 1 aromatic rings. The number of carbonyl (C=O) groups is 5. The van der Waals surface area contributed by atoms with E-state index in [1.165, 1.54) is 19.4 Å². The molecule has 14 nitrogen and oxygen atoms in total. The summed E-state index contributed by atoms with van der Waals surface area (Å²) in [5.74, 6) is -5.81. The van der Waals surface area contributed by atoms with Crippen molar-refractivity contribution in [2.45, 2.75) is 63.9 Å². The molecule has 5 unspecified atom stereocenters. The number of hydrogen-bond donors (Lipinski definition) is 8. The van der Waals surface area contributed by atoms with E-state index in [2.05, 4.69) is 25.9 Å². The van der Waals surface area contributed by atoms with E-state index in [0.717, 1.165) is 0 Å². The van der Waals surface area contributed by atoms with Gasteiger partial charge in [0.05, 0.1) is 24.9 Å². The smallest absolute Gasteiger partial charge is 0.326 e. The third kappa shape index (κ3) is 8.86. The van der Waals surface area contributed by atoms with Gasteiger partial charge in [0.15, 0.2) is 0 Å². The van der Waals surface area contributed by atoms with Crippen LogP contribution in [0.5, 0.6) is 0 Å². The Labute approximate surface area is 189 Å². The molecule has 1 aromatic heterocycles. The lowest BCUT2D eigenvalue weighted by molar-refractivity contribution is -0.143. The Bertz CT molecular complexity index is 841. The molecule has 0 fully saturated rings. The first-order valence-corrected chi connectivity index (χ1v) is 10.1. The summed E-state index contributed by atoms with van der Waals surface area (Å²) in [7, 11) is 0. The molecule has 0 saturated heterocycles. The van der Waals surface area contributed by atoms with Gasteiger partial charge in [-0.3, -0.25) is 19.2 Å². The largest absolute Gasteiger partial charge is 0.481 e. The van der Waals surface area contributed by atoms with Gasteiger partial charge in [0.25, 0.3) is 0 Å². The van der Waals surface area contributed by atoms with E-state index in [1.54, 1.807) is 13.8 Å². The number of carbonyl (C=O) groups excluding carboxylic acids is 3. The van der Waals surface area contributed by atoms with E-state index in [-0.39, 0.29) is 6.42 Å². The van der Waals surface area contributed by atoms with Gasteiger partial charge in [-0.25, -0.2) is 9.78 Å². The maximum atomic E-state index is 12.8. The van der Waals surface area contributed by atoms with Gasteiger partial charge >= 0.3 is 11.9 Å². The molecule has 3 amide bonds. The van der Waals surface area contributed by atoms with Crippen molar-refractivity contribution in [3.63, 3.8) is 0 Å². The number of aromatic nitrogens is 2. The molecule has 1 rings (SSSR count). The molecule has 0 aromatic carbocycles. The fourth-order valence-corrected chi connectivity index (χ4v) is 2.80. The van der Waals surface area contributed by atoms with Crippen LogP contribution in [0.25, 0.3) is 0 Å². The average molecular weight is 470 g/mol. The predicted octanol–water partition coefficient (Wildman–Crippen LogP) is -2.67.